The van der Waals surface area contributed by atoms with E-state index in [0.29, 0.717) is 17.1 Å². The molecule has 1 aliphatic heterocycles. The molecule has 0 bridgehead atoms. The summed E-state index contributed by atoms with van der Waals surface area (Å²) in [7, 11) is 0. The normalized spacial score (nSPS) is 14.3. The van der Waals surface area contributed by atoms with Crippen molar-refractivity contribution in [2.75, 3.05) is 13.2 Å². The lowest BCUT2D eigenvalue weighted by molar-refractivity contribution is -0.136. The van der Waals surface area contributed by atoms with E-state index in [4.69, 9.17) is 9.47 Å². The van der Waals surface area contributed by atoms with Crippen LogP contribution in [0.25, 0.3) is 0 Å². The molecule has 18 heavy (non-hydrogen) atoms. The largest absolute Gasteiger partial charge is 0.493 e. The second-order valence-electron chi connectivity index (χ2n) is 3.94. The molecule has 0 spiro atoms. The van der Waals surface area contributed by atoms with Gasteiger partial charge in [0.2, 0.25) is 5.78 Å². The first-order chi connectivity index (χ1) is 8.46. The second kappa shape index (κ2) is 4.88. The molecule has 1 aliphatic rings. The molecule has 0 aromatic heterocycles. The van der Waals surface area contributed by atoms with Crippen LogP contribution in [0, 0.1) is 0 Å². The van der Waals surface area contributed by atoms with Crippen LogP contribution in [0.2, 0.25) is 0 Å². The van der Waals surface area contributed by atoms with E-state index in [1.165, 1.54) is 6.07 Å². The van der Waals surface area contributed by atoms with Gasteiger partial charge in [-0.1, -0.05) is 0 Å². The maximum Gasteiger partial charge on any atom is 0.389 e. The Morgan fingerprint density at radius 1 is 1.33 bits per heavy atom. The zero-order valence-corrected chi connectivity index (χ0v) is 9.42. The smallest absolute Gasteiger partial charge is 0.389 e. The van der Waals surface area contributed by atoms with Crippen molar-refractivity contribution in [3.63, 3.8) is 0 Å². The van der Waals surface area contributed by atoms with Gasteiger partial charge >= 0.3 is 6.18 Å². The summed E-state index contributed by atoms with van der Waals surface area (Å²) < 4.78 is 45.9. The number of rotatable bonds is 4. The van der Waals surface area contributed by atoms with Gasteiger partial charge in [0.1, 0.15) is 11.5 Å². The average molecular weight is 260 g/mol. The molecule has 0 saturated carbocycles. The van der Waals surface area contributed by atoms with E-state index in [2.05, 4.69) is 0 Å². The summed E-state index contributed by atoms with van der Waals surface area (Å²) in [6, 6.07) is 4.64. The zero-order chi connectivity index (χ0) is 13.2. The van der Waals surface area contributed by atoms with E-state index in [1.807, 2.05) is 0 Å². The second-order valence-corrected chi connectivity index (χ2v) is 3.94. The lowest BCUT2D eigenvalue weighted by Crippen LogP contribution is -2.09. The van der Waals surface area contributed by atoms with Crippen molar-refractivity contribution in [1.82, 2.24) is 0 Å². The van der Waals surface area contributed by atoms with Gasteiger partial charge in [-0.25, -0.2) is 0 Å². The van der Waals surface area contributed by atoms with Crippen LogP contribution in [-0.2, 0) is 0 Å². The molecule has 0 N–H and O–H groups in total. The van der Waals surface area contributed by atoms with E-state index in [0.717, 1.165) is 0 Å². The molecule has 0 amide bonds. The molecule has 6 heteroatoms. The fourth-order valence-electron chi connectivity index (χ4n) is 1.63. The molecule has 2 rings (SSSR count). The Balaban J connectivity index is 1.86. The summed E-state index contributed by atoms with van der Waals surface area (Å²) in [4.78, 5) is 11.3. The van der Waals surface area contributed by atoms with Gasteiger partial charge in [0, 0.05) is 12.5 Å². The van der Waals surface area contributed by atoms with Crippen molar-refractivity contribution >= 4 is 5.78 Å². The number of carbonyl (C=O) groups excluding carboxylic acids is 1. The Bertz CT molecular complexity index is 454. The van der Waals surface area contributed by atoms with Crippen LogP contribution in [0.15, 0.2) is 18.2 Å². The Labute approximate surface area is 102 Å². The quantitative estimate of drug-likeness (QED) is 0.781. The van der Waals surface area contributed by atoms with Crippen LogP contribution in [0.3, 0.4) is 0 Å². The molecule has 1 aromatic rings. The molecule has 0 atom stereocenters. The maximum atomic E-state index is 11.9. The highest BCUT2D eigenvalue weighted by molar-refractivity contribution is 6.02. The Morgan fingerprint density at radius 2 is 2.11 bits per heavy atom. The molecule has 0 aliphatic carbocycles. The zero-order valence-electron chi connectivity index (χ0n) is 9.42. The van der Waals surface area contributed by atoms with E-state index in [1.54, 1.807) is 12.1 Å². The van der Waals surface area contributed by atoms with Gasteiger partial charge in [-0.05, 0) is 18.6 Å². The highest BCUT2D eigenvalue weighted by atomic mass is 19.4. The van der Waals surface area contributed by atoms with E-state index < -0.39 is 12.6 Å². The lowest BCUT2D eigenvalue weighted by Gasteiger charge is -2.08. The van der Waals surface area contributed by atoms with Gasteiger partial charge in [-0.15, -0.1) is 0 Å². The lowest BCUT2D eigenvalue weighted by atomic mass is 10.1. The van der Waals surface area contributed by atoms with Crippen LogP contribution >= 0.6 is 0 Å². The van der Waals surface area contributed by atoms with Crippen LogP contribution < -0.4 is 9.47 Å². The van der Waals surface area contributed by atoms with E-state index in [9.17, 15) is 18.0 Å². The molecule has 1 aromatic carbocycles. The average Bonchev–Trinajstić information content (AvgIpc) is 2.65. The van der Waals surface area contributed by atoms with Gasteiger partial charge in [-0.3, -0.25) is 4.79 Å². The number of hydrogen-bond donors (Lipinski definition) is 0. The predicted octanol–water partition coefficient (Wildman–Crippen LogP) is 2.98. The molecule has 3 nitrogen and oxygen atoms in total. The van der Waals surface area contributed by atoms with Crippen molar-refractivity contribution < 1.29 is 27.4 Å². The Hall–Kier alpha value is -1.72. The van der Waals surface area contributed by atoms with Gasteiger partial charge in [0.05, 0.1) is 12.2 Å². The number of ketones is 1. The third kappa shape index (κ3) is 3.15. The Morgan fingerprint density at radius 3 is 2.83 bits per heavy atom. The van der Waals surface area contributed by atoms with Crippen molar-refractivity contribution in [3.8, 4) is 11.5 Å². The summed E-state index contributed by atoms with van der Waals surface area (Å²) in [5.74, 6) is 0.729. The summed E-state index contributed by atoms with van der Waals surface area (Å²) in [5.41, 5.74) is 0.484. The van der Waals surface area contributed by atoms with Gasteiger partial charge in [0.25, 0.3) is 0 Å². The third-order valence-corrected chi connectivity index (χ3v) is 2.49. The number of alkyl halides is 3. The van der Waals surface area contributed by atoms with Crippen LogP contribution in [0.4, 0.5) is 13.2 Å². The fraction of sp³-hybridized carbons (Fsp3) is 0.417. The molecule has 98 valence electrons. The summed E-state index contributed by atoms with van der Waals surface area (Å²) in [6.07, 6.45) is -5.12. The third-order valence-electron chi connectivity index (χ3n) is 2.49. The number of Topliss-reactive ketones (excluding diaryl/α,β-unsaturated/α-hetero) is 1. The SMILES string of the molecule is O=C1COc2cc(OCCCC(F)(F)F)ccc21. The van der Waals surface area contributed by atoms with Crippen LogP contribution in [-0.4, -0.2) is 25.2 Å². The maximum absolute atomic E-state index is 11.9. The summed E-state index contributed by atoms with van der Waals surface area (Å²) in [5, 5.41) is 0. The van der Waals surface area contributed by atoms with Gasteiger partial charge in [0.15, 0.2) is 6.61 Å². The number of halogens is 3. The highest BCUT2D eigenvalue weighted by Crippen LogP contribution is 2.29. The number of carbonyl (C=O) groups is 1. The monoisotopic (exact) mass is 260 g/mol. The predicted molar refractivity (Wildman–Crippen MR) is 57.1 cm³/mol. The van der Waals surface area contributed by atoms with Crippen molar-refractivity contribution in [2.24, 2.45) is 0 Å². The summed E-state index contributed by atoms with van der Waals surface area (Å²) in [6.45, 7) is -0.0148. The minimum absolute atomic E-state index is 0.00681. The molecule has 0 unspecified atom stereocenters. The Kier molecular flexibility index (Phi) is 3.45. The van der Waals surface area contributed by atoms with Crippen molar-refractivity contribution in [3.05, 3.63) is 23.8 Å². The van der Waals surface area contributed by atoms with Gasteiger partial charge < -0.3 is 9.47 Å². The fourth-order valence-corrected chi connectivity index (χ4v) is 1.63. The van der Waals surface area contributed by atoms with Crippen LogP contribution in [0.5, 0.6) is 11.5 Å². The first-order valence-corrected chi connectivity index (χ1v) is 5.45. The molecule has 0 saturated heterocycles. The number of ether oxygens (including phenoxy) is 2. The van der Waals surface area contributed by atoms with Crippen LogP contribution in [0.1, 0.15) is 23.2 Å². The van der Waals surface area contributed by atoms with E-state index >= 15 is 0 Å². The standard InChI is InChI=1S/C12H11F3O3/c13-12(14,15)4-1-5-17-8-2-3-9-10(16)7-18-11(9)6-8/h2-3,6H,1,4-5,7H2. The number of hydrogen-bond acceptors (Lipinski definition) is 3. The molecular formula is C12H11F3O3. The topological polar surface area (TPSA) is 35.5 Å². The number of fused-ring (bicyclic) bond motifs is 1. The molecule has 1 heterocycles. The van der Waals surface area contributed by atoms with Crippen molar-refractivity contribution in [1.29, 1.82) is 0 Å². The van der Waals surface area contributed by atoms with E-state index in [-0.39, 0.29) is 25.4 Å². The van der Waals surface area contributed by atoms with Gasteiger partial charge in [-0.2, -0.15) is 13.2 Å². The first kappa shape index (κ1) is 12.7. The number of benzene rings is 1. The first-order valence-electron chi connectivity index (χ1n) is 5.45. The highest BCUT2D eigenvalue weighted by Gasteiger charge is 2.26. The minimum atomic E-state index is -4.16. The minimum Gasteiger partial charge on any atom is -0.493 e. The van der Waals surface area contributed by atoms with Crippen molar-refractivity contribution in [2.45, 2.75) is 19.0 Å². The molecule has 0 radical (unpaired) electrons. The summed E-state index contributed by atoms with van der Waals surface area (Å²) >= 11 is 0. The molecular weight excluding hydrogens is 249 g/mol. The molecule has 0 fully saturated rings.